The number of nitrogens with one attached hydrogen (secondary N) is 2. The molecule has 0 saturated carbocycles. The number of benzene rings is 3. The molecule has 8 nitrogen and oxygen atoms in total. The highest BCUT2D eigenvalue weighted by atomic mass is 32.2. The zero-order chi connectivity index (χ0) is 23.1. The number of hydrogen-bond donors (Lipinski definition) is 2. The highest BCUT2D eigenvalue weighted by molar-refractivity contribution is 7.92. The van der Waals surface area contributed by atoms with Crippen LogP contribution in [0.15, 0.2) is 78.9 Å². The van der Waals surface area contributed by atoms with E-state index < -0.39 is 28.5 Å². The molecule has 0 fully saturated rings. The molecule has 3 rings (SSSR count). The largest absolute Gasteiger partial charge is 0.452 e. The summed E-state index contributed by atoms with van der Waals surface area (Å²) < 4.78 is 30.2. The van der Waals surface area contributed by atoms with Crippen molar-refractivity contribution < 1.29 is 27.5 Å². The Morgan fingerprint density at radius 2 is 1.34 bits per heavy atom. The lowest BCUT2D eigenvalue weighted by atomic mass is 10.0. The van der Waals surface area contributed by atoms with Crippen LogP contribution in [-0.4, -0.2) is 38.9 Å². The Morgan fingerprint density at radius 3 is 2.00 bits per heavy atom. The maximum absolute atomic E-state index is 12.8. The Balaban J connectivity index is 1.68. The summed E-state index contributed by atoms with van der Waals surface area (Å²) in [6.07, 6.45) is 0.955. The average Bonchev–Trinajstić information content (AvgIpc) is 2.77. The van der Waals surface area contributed by atoms with Gasteiger partial charge in [-0.05, 0) is 24.3 Å². The minimum atomic E-state index is -3.61. The molecule has 0 aromatic heterocycles. The molecule has 0 bridgehead atoms. The van der Waals surface area contributed by atoms with Crippen molar-refractivity contribution in [1.82, 2.24) is 0 Å². The summed E-state index contributed by atoms with van der Waals surface area (Å²) in [5, 5.41) is 2.57. The standard InChI is InChI=1S/C23H20N2O6S/c1-32(29,30)25-20-14-8-6-12-18(20)23(28)31-15-21(26)24-19-13-7-5-11-17(19)22(27)16-9-3-2-4-10-16/h2-14,25H,15H2,1H3,(H,24,26). The van der Waals surface area contributed by atoms with Crippen LogP contribution in [0.2, 0.25) is 0 Å². The van der Waals surface area contributed by atoms with E-state index in [2.05, 4.69) is 10.0 Å². The Morgan fingerprint density at radius 1 is 0.781 bits per heavy atom. The summed E-state index contributed by atoms with van der Waals surface area (Å²) in [5.74, 6) is -1.79. The normalized spacial score (nSPS) is 10.8. The number of carbonyl (C=O) groups is 3. The Kier molecular flexibility index (Phi) is 7.01. The number of carbonyl (C=O) groups excluding carboxylic acids is 3. The van der Waals surface area contributed by atoms with Gasteiger partial charge in [0.2, 0.25) is 10.0 Å². The van der Waals surface area contributed by atoms with E-state index in [1.54, 1.807) is 60.7 Å². The maximum atomic E-state index is 12.8. The van der Waals surface area contributed by atoms with E-state index in [-0.39, 0.29) is 22.7 Å². The van der Waals surface area contributed by atoms with Gasteiger partial charge in [-0.1, -0.05) is 54.6 Å². The van der Waals surface area contributed by atoms with Gasteiger partial charge >= 0.3 is 5.97 Å². The van der Waals surface area contributed by atoms with E-state index in [1.165, 1.54) is 18.2 Å². The van der Waals surface area contributed by atoms with Crippen LogP contribution in [0.5, 0.6) is 0 Å². The van der Waals surface area contributed by atoms with Gasteiger partial charge in [0.1, 0.15) is 0 Å². The van der Waals surface area contributed by atoms with E-state index >= 15 is 0 Å². The molecule has 0 radical (unpaired) electrons. The molecule has 1 amide bonds. The fourth-order valence-electron chi connectivity index (χ4n) is 2.88. The Labute approximate surface area is 185 Å². The summed E-state index contributed by atoms with van der Waals surface area (Å²) in [6.45, 7) is -0.625. The van der Waals surface area contributed by atoms with Crippen molar-refractivity contribution in [2.24, 2.45) is 0 Å². The van der Waals surface area contributed by atoms with Crippen molar-refractivity contribution in [3.63, 3.8) is 0 Å². The van der Waals surface area contributed by atoms with Crippen LogP contribution >= 0.6 is 0 Å². The van der Waals surface area contributed by atoms with Crippen LogP contribution in [0.3, 0.4) is 0 Å². The first-order valence-electron chi connectivity index (χ1n) is 9.47. The maximum Gasteiger partial charge on any atom is 0.340 e. The molecule has 0 saturated heterocycles. The highest BCUT2D eigenvalue weighted by Crippen LogP contribution is 2.20. The number of esters is 1. The van der Waals surface area contributed by atoms with Crippen molar-refractivity contribution in [2.75, 3.05) is 22.9 Å². The first kappa shape index (κ1) is 22.7. The second-order valence-corrected chi connectivity index (χ2v) is 8.53. The van der Waals surface area contributed by atoms with Gasteiger partial charge in [-0.25, -0.2) is 13.2 Å². The third-order valence-electron chi connectivity index (χ3n) is 4.26. The lowest BCUT2D eigenvalue weighted by Gasteiger charge is -2.12. The summed E-state index contributed by atoms with van der Waals surface area (Å²) in [6, 6.07) is 21.0. The molecule has 3 aromatic rings. The van der Waals surface area contributed by atoms with E-state index in [0.29, 0.717) is 11.1 Å². The SMILES string of the molecule is CS(=O)(=O)Nc1ccccc1C(=O)OCC(=O)Nc1ccccc1C(=O)c1ccccc1. The lowest BCUT2D eigenvalue weighted by molar-refractivity contribution is -0.119. The van der Waals surface area contributed by atoms with E-state index in [0.717, 1.165) is 6.26 Å². The van der Waals surface area contributed by atoms with Crippen molar-refractivity contribution >= 4 is 39.1 Å². The molecule has 0 atom stereocenters. The first-order chi connectivity index (χ1) is 15.2. The minimum Gasteiger partial charge on any atom is -0.452 e. The third kappa shape index (κ3) is 6.02. The number of anilines is 2. The minimum absolute atomic E-state index is 0.0367. The zero-order valence-corrected chi connectivity index (χ0v) is 17.9. The monoisotopic (exact) mass is 452 g/mol. The van der Waals surface area contributed by atoms with Crippen LogP contribution in [-0.2, 0) is 19.6 Å². The smallest absolute Gasteiger partial charge is 0.340 e. The summed E-state index contributed by atoms with van der Waals surface area (Å²) in [4.78, 5) is 37.5. The second-order valence-electron chi connectivity index (χ2n) is 6.78. The summed E-state index contributed by atoms with van der Waals surface area (Å²) >= 11 is 0. The molecule has 2 N–H and O–H groups in total. The number of ketones is 1. The molecular weight excluding hydrogens is 432 g/mol. The quantitative estimate of drug-likeness (QED) is 0.401. The van der Waals surface area contributed by atoms with Gasteiger partial charge in [0, 0.05) is 11.1 Å². The Hall–Kier alpha value is -3.98. The molecule has 0 aliphatic rings. The molecular formula is C23H20N2O6S. The molecule has 0 unspecified atom stereocenters. The van der Waals surface area contributed by atoms with Crippen molar-refractivity contribution in [3.05, 3.63) is 95.6 Å². The molecule has 32 heavy (non-hydrogen) atoms. The predicted molar refractivity (Wildman–Crippen MR) is 120 cm³/mol. The van der Waals surface area contributed by atoms with Crippen LogP contribution < -0.4 is 10.0 Å². The first-order valence-corrected chi connectivity index (χ1v) is 11.4. The van der Waals surface area contributed by atoms with Gasteiger partial charge in [0.15, 0.2) is 12.4 Å². The number of ether oxygens (including phenoxy) is 1. The molecule has 9 heteroatoms. The Bertz CT molecular complexity index is 1260. The number of hydrogen-bond acceptors (Lipinski definition) is 6. The average molecular weight is 452 g/mol. The van der Waals surface area contributed by atoms with Gasteiger partial charge in [-0.2, -0.15) is 0 Å². The predicted octanol–water partition coefficient (Wildman–Crippen LogP) is 3.08. The molecule has 164 valence electrons. The van der Waals surface area contributed by atoms with Crippen molar-refractivity contribution in [1.29, 1.82) is 0 Å². The fraction of sp³-hybridized carbons (Fsp3) is 0.0870. The molecule has 0 aliphatic carbocycles. The fourth-order valence-corrected chi connectivity index (χ4v) is 3.46. The topological polar surface area (TPSA) is 119 Å². The number of rotatable bonds is 8. The van der Waals surface area contributed by atoms with Crippen molar-refractivity contribution in [3.8, 4) is 0 Å². The number of para-hydroxylation sites is 2. The van der Waals surface area contributed by atoms with Gasteiger partial charge in [0.05, 0.1) is 23.2 Å². The van der Waals surface area contributed by atoms with E-state index in [4.69, 9.17) is 4.74 Å². The van der Waals surface area contributed by atoms with Crippen LogP contribution in [0.1, 0.15) is 26.3 Å². The second kappa shape index (κ2) is 9.88. The molecule has 0 aliphatic heterocycles. The number of amides is 1. The lowest BCUT2D eigenvalue weighted by Crippen LogP contribution is -2.23. The van der Waals surface area contributed by atoms with Crippen molar-refractivity contribution in [2.45, 2.75) is 0 Å². The van der Waals surface area contributed by atoms with E-state index in [9.17, 15) is 22.8 Å². The summed E-state index contributed by atoms with van der Waals surface area (Å²) in [7, 11) is -3.61. The van der Waals surface area contributed by atoms with E-state index in [1.807, 2.05) is 0 Å². The molecule has 3 aromatic carbocycles. The molecule has 0 heterocycles. The third-order valence-corrected chi connectivity index (χ3v) is 4.85. The van der Waals surface area contributed by atoms with Gasteiger partial charge < -0.3 is 10.1 Å². The van der Waals surface area contributed by atoms with Gasteiger partial charge in [0.25, 0.3) is 5.91 Å². The highest BCUT2D eigenvalue weighted by Gasteiger charge is 2.18. The zero-order valence-electron chi connectivity index (χ0n) is 17.1. The van der Waals surface area contributed by atoms with Crippen LogP contribution in [0.25, 0.3) is 0 Å². The van der Waals surface area contributed by atoms with Gasteiger partial charge in [-0.3, -0.25) is 14.3 Å². The van der Waals surface area contributed by atoms with Gasteiger partial charge in [-0.15, -0.1) is 0 Å². The van der Waals surface area contributed by atoms with Crippen LogP contribution in [0.4, 0.5) is 11.4 Å². The molecule has 0 spiro atoms. The number of sulfonamides is 1. The van der Waals surface area contributed by atoms with Crippen LogP contribution in [0, 0.1) is 0 Å². The summed E-state index contributed by atoms with van der Waals surface area (Å²) in [5.41, 5.74) is 1.04.